The van der Waals surface area contributed by atoms with Crippen molar-refractivity contribution in [1.29, 1.82) is 0 Å². The minimum Gasteiger partial charge on any atom is -0.298 e. The van der Waals surface area contributed by atoms with E-state index in [0.717, 1.165) is 39.0 Å². The lowest BCUT2D eigenvalue weighted by Crippen LogP contribution is -2.13. The van der Waals surface area contributed by atoms with Crippen molar-refractivity contribution in [1.82, 2.24) is 9.97 Å². The van der Waals surface area contributed by atoms with E-state index >= 15 is 0 Å². The number of pyridine rings is 1. The summed E-state index contributed by atoms with van der Waals surface area (Å²) in [6.07, 6.45) is 0. The molecule has 0 atom stereocenters. The number of hydrogen-bond donors (Lipinski definition) is 1. The van der Waals surface area contributed by atoms with Crippen molar-refractivity contribution in [2.45, 2.75) is 33.1 Å². The van der Waals surface area contributed by atoms with E-state index in [1.54, 1.807) is 0 Å². The van der Waals surface area contributed by atoms with Gasteiger partial charge in [-0.2, -0.15) is 0 Å². The molecule has 0 unspecified atom stereocenters. The Morgan fingerprint density at radius 2 is 1.57 bits per heavy atom. The molecule has 2 heterocycles. The smallest absolute Gasteiger partial charge is 0.258 e. The Bertz CT molecular complexity index is 1530. The lowest BCUT2D eigenvalue weighted by molar-refractivity contribution is 0.102. The predicted molar refractivity (Wildman–Crippen MR) is 146 cm³/mol. The summed E-state index contributed by atoms with van der Waals surface area (Å²) in [5.74, 6) is -0.192. The third-order valence-electron chi connectivity index (χ3n) is 6.15. The van der Waals surface area contributed by atoms with Gasteiger partial charge in [-0.25, -0.2) is 9.97 Å². The summed E-state index contributed by atoms with van der Waals surface area (Å²) >= 11 is 1.43. The third-order valence-corrected chi connectivity index (χ3v) is 6.91. The topological polar surface area (TPSA) is 54.9 Å². The Kier molecular flexibility index (Phi) is 5.95. The van der Waals surface area contributed by atoms with E-state index in [1.807, 2.05) is 53.9 Å². The number of fused-ring (bicyclic) bond motifs is 1. The Hall–Kier alpha value is -3.83. The Balaban J connectivity index is 1.46. The number of carbonyl (C=O) groups excluding carboxylic acids is 1. The first-order valence-electron chi connectivity index (χ1n) is 11.6. The predicted octanol–water partition coefficient (Wildman–Crippen LogP) is 7.88. The SMILES string of the molecule is Cc1ccccc1-c1cc(C(=O)Nc2nc(-c3ccc(C(C)(C)C)cc3)cs2)c2ccccc2n1. The highest BCUT2D eigenvalue weighted by atomic mass is 32.1. The van der Waals surface area contributed by atoms with Gasteiger partial charge in [0, 0.05) is 21.9 Å². The summed E-state index contributed by atoms with van der Waals surface area (Å²) in [4.78, 5) is 22.9. The molecular formula is C30H27N3OS. The van der Waals surface area contributed by atoms with E-state index < -0.39 is 0 Å². The van der Waals surface area contributed by atoms with Gasteiger partial charge in [-0.15, -0.1) is 11.3 Å². The molecule has 174 valence electrons. The number of benzene rings is 3. The summed E-state index contributed by atoms with van der Waals surface area (Å²) in [6, 6.07) is 26.2. The van der Waals surface area contributed by atoms with E-state index in [4.69, 9.17) is 4.98 Å². The van der Waals surface area contributed by atoms with Crippen LogP contribution in [0.2, 0.25) is 0 Å². The van der Waals surface area contributed by atoms with Gasteiger partial charge in [0.05, 0.1) is 22.5 Å². The van der Waals surface area contributed by atoms with Crippen LogP contribution in [0.25, 0.3) is 33.4 Å². The lowest BCUT2D eigenvalue weighted by Gasteiger charge is -2.18. The van der Waals surface area contributed by atoms with Crippen molar-refractivity contribution in [2.24, 2.45) is 0 Å². The Labute approximate surface area is 209 Å². The van der Waals surface area contributed by atoms with E-state index in [-0.39, 0.29) is 11.3 Å². The average Bonchev–Trinajstić information content (AvgIpc) is 3.31. The maximum Gasteiger partial charge on any atom is 0.258 e. The monoisotopic (exact) mass is 477 g/mol. The fraction of sp³-hybridized carbons (Fsp3) is 0.167. The molecule has 0 saturated heterocycles. The zero-order valence-corrected chi connectivity index (χ0v) is 21.1. The first-order valence-corrected chi connectivity index (χ1v) is 12.5. The molecule has 5 heteroatoms. The molecule has 0 aliphatic heterocycles. The van der Waals surface area contributed by atoms with E-state index in [9.17, 15) is 4.79 Å². The zero-order chi connectivity index (χ0) is 24.6. The van der Waals surface area contributed by atoms with Crippen LogP contribution in [0.4, 0.5) is 5.13 Å². The second-order valence-corrected chi connectivity index (χ2v) is 10.6. The molecular weight excluding hydrogens is 450 g/mol. The lowest BCUT2D eigenvalue weighted by atomic mass is 9.86. The average molecular weight is 478 g/mol. The second-order valence-electron chi connectivity index (χ2n) is 9.71. The number of rotatable bonds is 4. The first-order chi connectivity index (χ1) is 16.8. The molecule has 5 rings (SSSR count). The summed E-state index contributed by atoms with van der Waals surface area (Å²) < 4.78 is 0. The van der Waals surface area contributed by atoms with Gasteiger partial charge in [0.2, 0.25) is 0 Å². The summed E-state index contributed by atoms with van der Waals surface area (Å²) in [7, 11) is 0. The van der Waals surface area contributed by atoms with Gasteiger partial charge in [0.25, 0.3) is 5.91 Å². The van der Waals surface area contributed by atoms with Gasteiger partial charge in [-0.3, -0.25) is 10.1 Å². The highest BCUT2D eigenvalue weighted by Gasteiger charge is 2.17. The highest BCUT2D eigenvalue weighted by Crippen LogP contribution is 2.30. The molecule has 0 aliphatic carbocycles. The minimum absolute atomic E-state index is 0.101. The third kappa shape index (κ3) is 4.73. The normalized spacial score (nSPS) is 11.5. The largest absolute Gasteiger partial charge is 0.298 e. The van der Waals surface area contributed by atoms with Crippen molar-refractivity contribution in [3.05, 3.63) is 101 Å². The Morgan fingerprint density at radius 1 is 0.857 bits per heavy atom. The molecule has 0 spiro atoms. The van der Waals surface area contributed by atoms with Crippen LogP contribution in [-0.2, 0) is 5.41 Å². The molecule has 4 nitrogen and oxygen atoms in total. The molecule has 0 saturated carbocycles. The number of aromatic nitrogens is 2. The number of hydrogen-bond acceptors (Lipinski definition) is 4. The summed E-state index contributed by atoms with van der Waals surface area (Å²) in [5, 5.41) is 6.38. The van der Waals surface area contributed by atoms with Gasteiger partial charge in [0.1, 0.15) is 0 Å². The van der Waals surface area contributed by atoms with Crippen LogP contribution < -0.4 is 5.32 Å². The van der Waals surface area contributed by atoms with Crippen LogP contribution in [0.3, 0.4) is 0 Å². The minimum atomic E-state index is -0.192. The fourth-order valence-electron chi connectivity index (χ4n) is 4.13. The zero-order valence-electron chi connectivity index (χ0n) is 20.3. The maximum atomic E-state index is 13.4. The number of aryl methyl sites for hydroxylation is 1. The first kappa shape index (κ1) is 22.9. The molecule has 5 aromatic rings. The van der Waals surface area contributed by atoms with E-state index in [2.05, 4.69) is 68.3 Å². The number of nitrogens with zero attached hydrogens (tertiary/aromatic N) is 2. The van der Waals surface area contributed by atoms with E-state index in [1.165, 1.54) is 16.9 Å². The van der Waals surface area contributed by atoms with Crippen molar-refractivity contribution in [2.75, 3.05) is 5.32 Å². The van der Waals surface area contributed by atoms with E-state index in [0.29, 0.717) is 10.7 Å². The van der Waals surface area contributed by atoms with Crippen LogP contribution >= 0.6 is 11.3 Å². The van der Waals surface area contributed by atoms with Crippen LogP contribution in [0, 0.1) is 6.92 Å². The maximum absolute atomic E-state index is 13.4. The number of anilines is 1. The molecule has 2 aromatic heterocycles. The standard InChI is InChI=1S/C30H27N3OS/c1-19-9-5-6-10-22(19)26-17-24(23-11-7-8-12-25(23)31-26)28(34)33-29-32-27(18-35-29)20-13-15-21(16-14-20)30(2,3)4/h5-18H,1-4H3,(H,32,33,34). The number of carbonyl (C=O) groups is 1. The van der Waals surface area contributed by atoms with Crippen LogP contribution in [-0.4, -0.2) is 15.9 Å². The molecule has 0 fully saturated rings. The molecule has 1 amide bonds. The van der Waals surface area contributed by atoms with Gasteiger partial charge in [-0.1, -0.05) is 87.5 Å². The number of nitrogens with one attached hydrogen (secondary N) is 1. The van der Waals surface area contributed by atoms with Crippen LogP contribution in [0.5, 0.6) is 0 Å². The number of para-hydroxylation sites is 1. The van der Waals surface area contributed by atoms with Crippen molar-refractivity contribution in [3.63, 3.8) is 0 Å². The second kappa shape index (κ2) is 9.08. The van der Waals surface area contributed by atoms with Gasteiger partial charge < -0.3 is 0 Å². The molecule has 1 N–H and O–H groups in total. The van der Waals surface area contributed by atoms with Crippen molar-refractivity contribution < 1.29 is 4.79 Å². The quantitative estimate of drug-likeness (QED) is 0.286. The summed E-state index contributed by atoms with van der Waals surface area (Å²) in [6.45, 7) is 8.65. The Morgan fingerprint density at radius 3 is 2.31 bits per heavy atom. The van der Waals surface area contributed by atoms with Crippen molar-refractivity contribution in [3.8, 4) is 22.5 Å². The van der Waals surface area contributed by atoms with Crippen LogP contribution in [0.1, 0.15) is 42.3 Å². The molecule has 0 aliphatic rings. The summed E-state index contributed by atoms with van der Waals surface area (Å²) in [5.41, 5.74) is 7.55. The highest BCUT2D eigenvalue weighted by molar-refractivity contribution is 7.14. The van der Waals surface area contributed by atoms with Crippen LogP contribution in [0.15, 0.2) is 84.2 Å². The molecule has 35 heavy (non-hydrogen) atoms. The van der Waals surface area contributed by atoms with Gasteiger partial charge in [-0.05, 0) is 35.6 Å². The fourth-order valence-corrected chi connectivity index (χ4v) is 4.85. The number of thiazole rings is 1. The molecule has 0 bridgehead atoms. The van der Waals surface area contributed by atoms with Gasteiger partial charge in [0.15, 0.2) is 5.13 Å². The number of amides is 1. The molecule has 0 radical (unpaired) electrons. The molecule has 3 aromatic carbocycles. The van der Waals surface area contributed by atoms with Gasteiger partial charge >= 0.3 is 0 Å². The van der Waals surface area contributed by atoms with Crippen molar-refractivity contribution >= 4 is 33.3 Å².